The fraction of sp³-hybridized carbons (Fsp3) is 0.0476. The number of aromatic carboxylic acids is 1. The first kappa shape index (κ1) is 18.9. The third-order valence-electron chi connectivity index (χ3n) is 4.43. The van der Waals surface area contributed by atoms with Crippen molar-refractivity contribution < 1.29 is 23.1 Å². The van der Waals surface area contributed by atoms with Crippen molar-refractivity contribution >= 4 is 27.5 Å². The van der Waals surface area contributed by atoms with Crippen LogP contribution in [0.1, 0.15) is 15.2 Å². The third-order valence-corrected chi connectivity index (χ3v) is 5.61. The summed E-state index contributed by atoms with van der Waals surface area (Å²) in [7, 11) is 0. The molecule has 0 aliphatic heterocycles. The average Bonchev–Trinajstić information content (AvgIpc) is 3.08. The molecule has 4 nitrogen and oxygen atoms in total. The average molecular weight is 415 g/mol. The zero-order valence-corrected chi connectivity index (χ0v) is 15.4. The molecule has 4 aromatic rings. The summed E-state index contributed by atoms with van der Waals surface area (Å²) in [6, 6.07) is 15.9. The van der Waals surface area contributed by atoms with E-state index in [1.54, 1.807) is 30.3 Å². The molecule has 8 heteroatoms. The summed E-state index contributed by atoms with van der Waals surface area (Å²) in [6.07, 6.45) is -4.56. The van der Waals surface area contributed by atoms with E-state index in [0.717, 1.165) is 23.5 Å². The molecule has 2 heterocycles. The number of hydrogen-bond acceptors (Lipinski definition) is 3. The quantitative estimate of drug-likeness (QED) is 0.485. The SMILES string of the molecule is O=C(O)c1sc2c(ccc(=O)n2-c2ccccc2)c1-c1cccc(C(F)(F)F)c1. The highest BCUT2D eigenvalue weighted by atomic mass is 32.1. The van der Waals surface area contributed by atoms with E-state index in [0.29, 0.717) is 15.9 Å². The normalized spacial score (nSPS) is 11.7. The van der Waals surface area contributed by atoms with Crippen LogP contribution in [0.25, 0.3) is 27.0 Å². The first-order valence-electron chi connectivity index (χ1n) is 8.42. The predicted octanol–water partition coefficient (Wildman–Crippen LogP) is 5.44. The van der Waals surface area contributed by atoms with Gasteiger partial charge in [0, 0.05) is 17.0 Å². The maximum atomic E-state index is 13.2. The Morgan fingerprint density at radius 1 is 0.966 bits per heavy atom. The Kier molecular flexibility index (Phi) is 4.50. The number of aromatic nitrogens is 1. The maximum Gasteiger partial charge on any atom is 0.416 e. The van der Waals surface area contributed by atoms with Crippen LogP contribution in [0, 0.1) is 0 Å². The molecular formula is C21H12F3NO3S. The fourth-order valence-electron chi connectivity index (χ4n) is 3.19. The van der Waals surface area contributed by atoms with Crippen molar-refractivity contribution in [1.82, 2.24) is 4.57 Å². The van der Waals surface area contributed by atoms with Gasteiger partial charge in [0.05, 0.1) is 11.3 Å². The molecule has 4 rings (SSSR count). The molecule has 0 unspecified atom stereocenters. The third kappa shape index (κ3) is 3.31. The zero-order valence-electron chi connectivity index (χ0n) is 14.6. The highest BCUT2D eigenvalue weighted by Crippen LogP contribution is 2.40. The van der Waals surface area contributed by atoms with Crippen LogP contribution >= 0.6 is 11.3 Å². The van der Waals surface area contributed by atoms with Gasteiger partial charge in [-0.25, -0.2) is 4.79 Å². The first-order valence-corrected chi connectivity index (χ1v) is 9.24. The van der Waals surface area contributed by atoms with E-state index in [-0.39, 0.29) is 21.6 Å². The Morgan fingerprint density at radius 3 is 2.34 bits per heavy atom. The van der Waals surface area contributed by atoms with Gasteiger partial charge in [-0.2, -0.15) is 13.2 Å². The maximum absolute atomic E-state index is 13.2. The van der Waals surface area contributed by atoms with Gasteiger partial charge in [-0.15, -0.1) is 11.3 Å². The first-order chi connectivity index (χ1) is 13.8. The lowest BCUT2D eigenvalue weighted by molar-refractivity contribution is -0.137. The van der Waals surface area contributed by atoms with Gasteiger partial charge in [-0.3, -0.25) is 9.36 Å². The van der Waals surface area contributed by atoms with Gasteiger partial charge in [-0.05, 0) is 35.9 Å². The van der Waals surface area contributed by atoms with Crippen molar-refractivity contribution in [3.8, 4) is 16.8 Å². The van der Waals surface area contributed by atoms with E-state index in [1.165, 1.54) is 28.8 Å². The Bertz CT molecular complexity index is 1290. The second-order valence-electron chi connectivity index (χ2n) is 6.25. The molecule has 0 fully saturated rings. The van der Waals surface area contributed by atoms with Crippen LogP contribution in [0.4, 0.5) is 13.2 Å². The molecule has 1 N–H and O–H groups in total. The molecule has 0 radical (unpaired) electrons. The number of carboxylic acids is 1. The molecule has 2 aromatic carbocycles. The molecular weight excluding hydrogens is 403 g/mol. The minimum absolute atomic E-state index is 0.127. The second kappa shape index (κ2) is 6.89. The summed E-state index contributed by atoms with van der Waals surface area (Å²) in [6.45, 7) is 0. The summed E-state index contributed by atoms with van der Waals surface area (Å²) in [4.78, 5) is 24.6. The smallest absolute Gasteiger partial charge is 0.416 e. The lowest BCUT2D eigenvalue weighted by Gasteiger charge is -2.10. The predicted molar refractivity (Wildman–Crippen MR) is 105 cm³/mol. The number of halogens is 3. The highest BCUT2D eigenvalue weighted by Gasteiger charge is 2.31. The van der Waals surface area contributed by atoms with E-state index < -0.39 is 17.7 Å². The summed E-state index contributed by atoms with van der Waals surface area (Å²) in [5.74, 6) is -1.27. The van der Waals surface area contributed by atoms with Gasteiger partial charge >= 0.3 is 12.1 Å². The number of benzene rings is 2. The molecule has 29 heavy (non-hydrogen) atoms. The van der Waals surface area contributed by atoms with Crippen molar-refractivity contribution in [1.29, 1.82) is 0 Å². The summed E-state index contributed by atoms with van der Waals surface area (Å²) < 4.78 is 40.8. The fourth-order valence-corrected chi connectivity index (χ4v) is 4.37. The van der Waals surface area contributed by atoms with Crippen LogP contribution in [0.2, 0.25) is 0 Å². The standard InChI is InChI=1S/C21H12F3NO3S/c22-21(23,24)13-6-4-5-12(11-13)17-15-9-10-16(26)25(14-7-2-1-3-8-14)19(15)29-18(17)20(27)28/h1-11H,(H,27,28). The van der Waals surface area contributed by atoms with Crippen LogP contribution in [0.5, 0.6) is 0 Å². The monoisotopic (exact) mass is 415 g/mol. The van der Waals surface area contributed by atoms with Crippen molar-refractivity contribution in [3.05, 3.63) is 87.5 Å². The van der Waals surface area contributed by atoms with Gasteiger partial charge in [0.2, 0.25) is 0 Å². The summed E-state index contributed by atoms with van der Waals surface area (Å²) in [5.41, 5.74) is -0.411. The topological polar surface area (TPSA) is 59.3 Å². The van der Waals surface area contributed by atoms with Gasteiger partial charge in [0.1, 0.15) is 9.71 Å². The number of fused-ring (bicyclic) bond motifs is 1. The molecule has 146 valence electrons. The molecule has 0 amide bonds. The lowest BCUT2D eigenvalue weighted by Crippen LogP contribution is -2.16. The Morgan fingerprint density at radius 2 is 1.69 bits per heavy atom. The molecule has 0 aliphatic rings. The minimum atomic E-state index is -4.56. The number of pyridine rings is 1. The number of carboxylic acid groups (broad SMARTS) is 1. The van der Waals surface area contributed by atoms with Crippen LogP contribution in [0.15, 0.2) is 71.5 Å². The number of para-hydroxylation sites is 1. The van der Waals surface area contributed by atoms with E-state index in [4.69, 9.17) is 0 Å². The molecule has 0 saturated carbocycles. The van der Waals surface area contributed by atoms with Gasteiger partial charge < -0.3 is 5.11 Å². The molecule has 0 saturated heterocycles. The molecule has 0 aliphatic carbocycles. The van der Waals surface area contributed by atoms with Gasteiger partial charge in [0.15, 0.2) is 0 Å². The molecule has 0 atom stereocenters. The van der Waals surface area contributed by atoms with E-state index in [2.05, 4.69) is 0 Å². The Hall–Kier alpha value is -3.39. The number of carbonyl (C=O) groups is 1. The van der Waals surface area contributed by atoms with E-state index >= 15 is 0 Å². The van der Waals surface area contributed by atoms with Crippen LogP contribution < -0.4 is 5.56 Å². The van der Waals surface area contributed by atoms with E-state index in [1.807, 2.05) is 0 Å². The largest absolute Gasteiger partial charge is 0.477 e. The van der Waals surface area contributed by atoms with Crippen molar-refractivity contribution in [3.63, 3.8) is 0 Å². The number of alkyl halides is 3. The summed E-state index contributed by atoms with van der Waals surface area (Å²) >= 11 is 0.858. The summed E-state index contributed by atoms with van der Waals surface area (Å²) in [5, 5.41) is 10.1. The van der Waals surface area contributed by atoms with Crippen molar-refractivity contribution in [2.24, 2.45) is 0 Å². The number of hydrogen-bond donors (Lipinski definition) is 1. The number of nitrogens with zero attached hydrogens (tertiary/aromatic N) is 1. The van der Waals surface area contributed by atoms with Crippen molar-refractivity contribution in [2.45, 2.75) is 6.18 Å². The number of thiophene rings is 1. The lowest BCUT2D eigenvalue weighted by atomic mass is 10.0. The molecule has 2 aromatic heterocycles. The molecule has 0 spiro atoms. The van der Waals surface area contributed by atoms with Crippen LogP contribution in [0.3, 0.4) is 0 Å². The van der Waals surface area contributed by atoms with Crippen LogP contribution in [-0.4, -0.2) is 15.6 Å². The van der Waals surface area contributed by atoms with Gasteiger partial charge in [0.25, 0.3) is 5.56 Å². The van der Waals surface area contributed by atoms with Crippen LogP contribution in [-0.2, 0) is 6.18 Å². The highest BCUT2D eigenvalue weighted by molar-refractivity contribution is 7.21. The Labute approximate surface area is 166 Å². The zero-order chi connectivity index (χ0) is 20.8. The molecule has 0 bridgehead atoms. The second-order valence-corrected chi connectivity index (χ2v) is 7.25. The Balaban J connectivity index is 2.07. The van der Waals surface area contributed by atoms with Crippen molar-refractivity contribution in [2.75, 3.05) is 0 Å². The van der Waals surface area contributed by atoms with E-state index in [9.17, 15) is 27.9 Å². The minimum Gasteiger partial charge on any atom is -0.477 e. The van der Waals surface area contributed by atoms with Gasteiger partial charge in [-0.1, -0.05) is 30.3 Å². The number of rotatable bonds is 3.